The van der Waals surface area contributed by atoms with Crippen LogP contribution >= 0.6 is 0 Å². The molecule has 0 rings (SSSR count). The van der Waals surface area contributed by atoms with Gasteiger partial charge in [-0.2, -0.15) is 0 Å². The molecule has 0 saturated carbocycles. The summed E-state index contributed by atoms with van der Waals surface area (Å²) in [5.74, 6) is -1.29. The summed E-state index contributed by atoms with van der Waals surface area (Å²) >= 11 is 0. The van der Waals surface area contributed by atoms with Gasteiger partial charge in [0.25, 0.3) is 0 Å². The van der Waals surface area contributed by atoms with Crippen molar-refractivity contribution in [3.8, 4) is 0 Å². The van der Waals surface area contributed by atoms with Crippen LogP contribution in [-0.4, -0.2) is 46.6 Å². The summed E-state index contributed by atoms with van der Waals surface area (Å²) in [7, 11) is 0. The van der Waals surface area contributed by atoms with E-state index in [0.29, 0.717) is 18.4 Å². The van der Waals surface area contributed by atoms with Crippen LogP contribution in [0.2, 0.25) is 0 Å². The van der Waals surface area contributed by atoms with Crippen molar-refractivity contribution >= 4 is 11.9 Å². The van der Waals surface area contributed by atoms with E-state index >= 15 is 0 Å². The largest absolute Gasteiger partial charge is 0.481 e. The van der Waals surface area contributed by atoms with Gasteiger partial charge >= 0.3 is 11.9 Å². The Kier molecular flexibility index (Phi) is 11.5. The molecule has 21 heavy (non-hydrogen) atoms. The van der Waals surface area contributed by atoms with Crippen molar-refractivity contribution in [3.05, 3.63) is 12.2 Å². The number of hydrogen-bond acceptors (Lipinski definition) is 5. The predicted molar refractivity (Wildman–Crippen MR) is 77.8 cm³/mol. The van der Waals surface area contributed by atoms with E-state index in [1.807, 2.05) is 0 Å². The molecule has 122 valence electrons. The zero-order valence-corrected chi connectivity index (χ0v) is 12.4. The first kappa shape index (κ1) is 19.6. The molecule has 0 aromatic rings. The molecule has 0 bridgehead atoms. The van der Waals surface area contributed by atoms with Crippen LogP contribution in [0.1, 0.15) is 51.4 Å². The monoisotopic (exact) mass is 302 g/mol. The average Bonchev–Trinajstić information content (AvgIpc) is 2.46. The maximum Gasteiger partial charge on any atom is 0.333 e. The maximum atomic E-state index is 11.5. The first-order valence-electron chi connectivity index (χ1n) is 7.33. The van der Waals surface area contributed by atoms with E-state index < -0.39 is 24.6 Å². The van der Waals surface area contributed by atoms with E-state index in [-0.39, 0.29) is 13.0 Å². The smallest absolute Gasteiger partial charge is 0.333 e. The van der Waals surface area contributed by atoms with Gasteiger partial charge in [0.2, 0.25) is 0 Å². The second-order valence-corrected chi connectivity index (χ2v) is 5.05. The standard InChI is InChI=1S/C15H26O6/c1-12(15(20)21-11-13(17)10-16)8-6-4-2-3-5-7-9-14(18)19/h13,16-17H,1-11H2,(H,18,19). The van der Waals surface area contributed by atoms with Crippen molar-refractivity contribution in [2.24, 2.45) is 0 Å². The first-order chi connectivity index (χ1) is 9.97. The molecule has 0 aromatic heterocycles. The van der Waals surface area contributed by atoms with E-state index in [1.165, 1.54) is 0 Å². The number of esters is 1. The number of hydrogen-bond donors (Lipinski definition) is 3. The van der Waals surface area contributed by atoms with E-state index in [1.54, 1.807) is 0 Å². The Balaban J connectivity index is 3.48. The van der Waals surface area contributed by atoms with Crippen molar-refractivity contribution in [1.29, 1.82) is 0 Å². The molecule has 0 aliphatic heterocycles. The van der Waals surface area contributed by atoms with Gasteiger partial charge in [0.1, 0.15) is 12.7 Å². The lowest BCUT2D eigenvalue weighted by atomic mass is 10.1. The van der Waals surface area contributed by atoms with Gasteiger partial charge in [-0.1, -0.05) is 32.3 Å². The van der Waals surface area contributed by atoms with Crippen molar-refractivity contribution in [3.63, 3.8) is 0 Å². The van der Waals surface area contributed by atoms with Crippen LogP contribution in [0.3, 0.4) is 0 Å². The molecule has 0 saturated heterocycles. The van der Waals surface area contributed by atoms with Gasteiger partial charge in [0.15, 0.2) is 0 Å². The van der Waals surface area contributed by atoms with E-state index in [2.05, 4.69) is 6.58 Å². The molecule has 0 spiro atoms. The average molecular weight is 302 g/mol. The number of aliphatic hydroxyl groups excluding tert-OH is 2. The third kappa shape index (κ3) is 12.1. The summed E-state index contributed by atoms with van der Waals surface area (Å²) in [6.45, 7) is 2.97. The number of ether oxygens (including phenoxy) is 1. The van der Waals surface area contributed by atoms with E-state index in [4.69, 9.17) is 20.1 Å². The summed E-state index contributed by atoms with van der Waals surface area (Å²) in [6, 6.07) is 0. The summed E-state index contributed by atoms with van der Waals surface area (Å²) in [5.41, 5.74) is 0.367. The summed E-state index contributed by atoms with van der Waals surface area (Å²) in [6.07, 6.45) is 5.13. The number of aliphatic hydroxyl groups is 2. The van der Waals surface area contributed by atoms with Crippen LogP contribution in [0, 0.1) is 0 Å². The Morgan fingerprint density at radius 3 is 2.05 bits per heavy atom. The van der Waals surface area contributed by atoms with Gasteiger partial charge in [-0.15, -0.1) is 0 Å². The molecule has 0 amide bonds. The molecule has 6 heteroatoms. The number of rotatable bonds is 13. The van der Waals surface area contributed by atoms with Crippen molar-refractivity contribution in [1.82, 2.24) is 0 Å². The minimum atomic E-state index is -1.05. The number of carboxylic acid groups (broad SMARTS) is 1. The lowest BCUT2D eigenvalue weighted by Gasteiger charge is -2.09. The van der Waals surface area contributed by atoms with Gasteiger partial charge in [-0.25, -0.2) is 4.79 Å². The number of carbonyl (C=O) groups excluding carboxylic acids is 1. The van der Waals surface area contributed by atoms with Crippen molar-refractivity contribution < 1.29 is 29.6 Å². The van der Waals surface area contributed by atoms with Crippen LogP contribution in [-0.2, 0) is 14.3 Å². The lowest BCUT2D eigenvalue weighted by Crippen LogP contribution is -2.22. The van der Waals surface area contributed by atoms with Gasteiger partial charge < -0.3 is 20.1 Å². The summed E-state index contributed by atoms with van der Waals surface area (Å²) < 4.78 is 4.78. The van der Waals surface area contributed by atoms with Gasteiger partial charge in [-0.3, -0.25) is 4.79 Å². The lowest BCUT2D eigenvalue weighted by molar-refractivity contribution is -0.142. The van der Waals surface area contributed by atoms with Crippen LogP contribution in [0.4, 0.5) is 0 Å². The highest BCUT2D eigenvalue weighted by molar-refractivity contribution is 5.87. The fourth-order valence-electron chi connectivity index (χ4n) is 1.75. The molecule has 3 N–H and O–H groups in total. The number of unbranched alkanes of at least 4 members (excludes halogenated alkanes) is 5. The molecule has 0 aromatic carbocycles. The Hall–Kier alpha value is -1.40. The molecule has 0 aliphatic rings. The van der Waals surface area contributed by atoms with Crippen LogP contribution in [0.5, 0.6) is 0 Å². The minimum Gasteiger partial charge on any atom is -0.481 e. The third-order valence-electron chi connectivity index (χ3n) is 3.03. The first-order valence-corrected chi connectivity index (χ1v) is 7.33. The molecule has 6 nitrogen and oxygen atoms in total. The maximum absolute atomic E-state index is 11.5. The van der Waals surface area contributed by atoms with Crippen LogP contribution in [0.15, 0.2) is 12.2 Å². The molecule has 0 radical (unpaired) electrons. The van der Waals surface area contributed by atoms with Crippen LogP contribution in [0.25, 0.3) is 0 Å². The van der Waals surface area contributed by atoms with Crippen LogP contribution < -0.4 is 0 Å². The highest BCUT2D eigenvalue weighted by Gasteiger charge is 2.11. The summed E-state index contributed by atoms with van der Waals surface area (Å²) in [4.78, 5) is 21.8. The minimum absolute atomic E-state index is 0.224. The zero-order valence-electron chi connectivity index (χ0n) is 12.4. The Morgan fingerprint density at radius 2 is 1.52 bits per heavy atom. The van der Waals surface area contributed by atoms with E-state index in [9.17, 15) is 9.59 Å². The fourth-order valence-corrected chi connectivity index (χ4v) is 1.75. The summed E-state index contributed by atoms with van der Waals surface area (Å²) in [5, 5.41) is 26.1. The van der Waals surface area contributed by atoms with Crippen molar-refractivity contribution in [2.75, 3.05) is 13.2 Å². The molecule has 1 atom stereocenters. The topological polar surface area (TPSA) is 104 Å². The number of aliphatic carboxylic acids is 1. The molecule has 0 heterocycles. The van der Waals surface area contributed by atoms with Gasteiger partial charge in [-0.05, 0) is 19.3 Å². The third-order valence-corrected chi connectivity index (χ3v) is 3.03. The molecule has 1 unspecified atom stereocenters. The molecular formula is C15H26O6. The molecular weight excluding hydrogens is 276 g/mol. The predicted octanol–water partition coefficient (Wildman–Crippen LogP) is 1.64. The van der Waals surface area contributed by atoms with Crippen molar-refractivity contribution in [2.45, 2.75) is 57.5 Å². The van der Waals surface area contributed by atoms with Gasteiger partial charge in [0.05, 0.1) is 6.61 Å². The Bertz CT molecular complexity index is 326. The number of carbonyl (C=O) groups is 2. The number of carboxylic acids is 1. The molecule has 0 aliphatic carbocycles. The normalized spacial score (nSPS) is 11.9. The van der Waals surface area contributed by atoms with Gasteiger partial charge in [0, 0.05) is 12.0 Å². The quantitative estimate of drug-likeness (QED) is 0.271. The Morgan fingerprint density at radius 1 is 1.00 bits per heavy atom. The fraction of sp³-hybridized carbons (Fsp3) is 0.733. The highest BCUT2D eigenvalue weighted by atomic mass is 16.5. The zero-order chi connectivity index (χ0) is 16.1. The second kappa shape index (κ2) is 12.3. The SMILES string of the molecule is C=C(CCCCCCCCC(=O)O)C(=O)OCC(O)CO. The molecule has 0 fully saturated rings. The highest BCUT2D eigenvalue weighted by Crippen LogP contribution is 2.12. The second-order valence-electron chi connectivity index (χ2n) is 5.05. The van der Waals surface area contributed by atoms with E-state index in [0.717, 1.165) is 32.1 Å². The Labute approximate surface area is 125 Å².